The van der Waals surface area contributed by atoms with Crippen LogP contribution in [-0.2, 0) is 11.3 Å². The van der Waals surface area contributed by atoms with Crippen LogP contribution in [0.1, 0.15) is 24.8 Å². The van der Waals surface area contributed by atoms with E-state index in [-0.39, 0.29) is 18.7 Å². The standard InChI is InChI=1S/C14H18N2O3/c15-11(9-4-5-9)6-13(17)16-7-10-2-1-3-12-14(10)19-8-18-12/h1-3,9,11H,4-8,15H2,(H,16,17). The van der Waals surface area contributed by atoms with E-state index in [2.05, 4.69) is 5.32 Å². The Morgan fingerprint density at radius 3 is 3.05 bits per heavy atom. The van der Waals surface area contributed by atoms with Gasteiger partial charge in [0.05, 0.1) is 0 Å². The summed E-state index contributed by atoms with van der Waals surface area (Å²) in [7, 11) is 0. The van der Waals surface area contributed by atoms with Gasteiger partial charge in [-0.05, 0) is 24.8 Å². The highest BCUT2D eigenvalue weighted by atomic mass is 16.7. The first-order valence-corrected chi connectivity index (χ1v) is 6.64. The van der Waals surface area contributed by atoms with Crippen molar-refractivity contribution >= 4 is 5.91 Å². The number of hydrogen-bond donors (Lipinski definition) is 2. The second-order valence-corrected chi connectivity index (χ2v) is 5.13. The third-order valence-electron chi connectivity index (χ3n) is 3.60. The zero-order chi connectivity index (χ0) is 13.2. The van der Waals surface area contributed by atoms with Crippen molar-refractivity contribution in [3.8, 4) is 11.5 Å². The summed E-state index contributed by atoms with van der Waals surface area (Å²) in [5.74, 6) is 2.01. The molecule has 3 rings (SSSR count). The number of rotatable bonds is 5. The molecule has 1 aliphatic heterocycles. The predicted octanol–water partition coefficient (Wildman–Crippen LogP) is 1.16. The fraction of sp³-hybridized carbons (Fsp3) is 0.500. The second-order valence-electron chi connectivity index (χ2n) is 5.13. The molecule has 102 valence electrons. The highest BCUT2D eigenvalue weighted by molar-refractivity contribution is 5.76. The Bertz CT molecular complexity index is 486. The predicted molar refractivity (Wildman–Crippen MR) is 69.7 cm³/mol. The Balaban J connectivity index is 1.54. The summed E-state index contributed by atoms with van der Waals surface area (Å²) in [5.41, 5.74) is 6.87. The van der Waals surface area contributed by atoms with Gasteiger partial charge in [-0.25, -0.2) is 0 Å². The number of benzene rings is 1. The summed E-state index contributed by atoms with van der Waals surface area (Å²) < 4.78 is 10.7. The van der Waals surface area contributed by atoms with E-state index >= 15 is 0 Å². The highest BCUT2D eigenvalue weighted by Crippen LogP contribution is 2.35. The van der Waals surface area contributed by atoms with Gasteiger partial charge in [-0.2, -0.15) is 0 Å². The van der Waals surface area contributed by atoms with Crippen molar-refractivity contribution in [1.29, 1.82) is 0 Å². The molecular weight excluding hydrogens is 244 g/mol. The van der Waals surface area contributed by atoms with E-state index in [1.54, 1.807) is 0 Å². The van der Waals surface area contributed by atoms with E-state index < -0.39 is 0 Å². The number of nitrogens with two attached hydrogens (primary N) is 1. The van der Waals surface area contributed by atoms with Crippen LogP contribution < -0.4 is 20.5 Å². The number of amides is 1. The summed E-state index contributed by atoms with van der Waals surface area (Å²) >= 11 is 0. The third kappa shape index (κ3) is 2.81. The van der Waals surface area contributed by atoms with Crippen LogP contribution in [0.4, 0.5) is 0 Å². The minimum Gasteiger partial charge on any atom is -0.454 e. The molecule has 1 heterocycles. The van der Waals surface area contributed by atoms with Gasteiger partial charge in [-0.3, -0.25) is 4.79 Å². The number of carbonyl (C=O) groups is 1. The quantitative estimate of drug-likeness (QED) is 0.835. The second kappa shape index (κ2) is 5.09. The molecule has 0 spiro atoms. The van der Waals surface area contributed by atoms with Crippen LogP contribution in [0.15, 0.2) is 18.2 Å². The van der Waals surface area contributed by atoms with Crippen LogP contribution in [0.5, 0.6) is 11.5 Å². The van der Waals surface area contributed by atoms with Crippen LogP contribution >= 0.6 is 0 Å². The van der Waals surface area contributed by atoms with Gasteiger partial charge < -0.3 is 20.5 Å². The van der Waals surface area contributed by atoms with E-state index in [9.17, 15) is 4.79 Å². The van der Waals surface area contributed by atoms with Crippen molar-refractivity contribution in [2.24, 2.45) is 11.7 Å². The van der Waals surface area contributed by atoms with E-state index in [0.717, 1.165) is 29.9 Å². The lowest BCUT2D eigenvalue weighted by molar-refractivity contribution is -0.121. The van der Waals surface area contributed by atoms with E-state index in [4.69, 9.17) is 15.2 Å². The van der Waals surface area contributed by atoms with Crippen LogP contribution in [0.2, 0.25) is 0 Å². The summed E-state index contributed by atoms with van der Waals surface area (Å²) in [6, 6.07) is 5.68. The van der Waals surface area contributed by atoms with E-state index in [1.807, 2.05) is 18.2 Å². The van der Waals surface area contributed by atoms with Gasteiger partial charge >= 0.3 is 0 Å². The Morgan fingerprint density at radius 1 is 1.42 bits per heavy atom. The monoisotopic (exact) mass is 262 g/mol. The van der Waals surface area contributed by atoms with Crippen molar-refractivity contribution in [2.45, 2.75) is 31.8 Å². The molecule has 0 radical (unpaired) electrons. The van der Waals surface area contributed by atoms with Gasteiger partial charge in [0.1, 0.15) is 0 Å². The lowest BCUT2D eigenvalue weighted by Crippen LogP contribution is -2.32. The summed E-state index contributed by atoms with van der Waals surface area (Å²) in [6.07, 6.45) is 2.72. The Kier molecular flexibility index (Phi) is 3.29. The largest absolute Gasteiger partial charge is 0.454 e. The average Bonchev–Trinajstić information content (AvgIpc) is 3.14. The minimum absolute atomic E-state index is 0.000992. The maximum Gasteiger partial charge on any atom is 0.231 e. The number of ether oxygens (including phenoxy) is 2. The van der Waals surface area contributed by atoms with Crippen LogP contribution in [-0.4, -0.2) is 18.7 Å². The summed E-state index contributed by atoms with van der Waals surface area (Å²) in [5, 5.41) is 2.89. The lowest BCUT2D eigenvalue weighted by atomic mass is 10.1. The Hall–Kier alpha value is -1.75. The first kappa shape index (κ1) is 12.3. The molecule has 1 saturated carbocycles. The van der Waals surface area contributed by atoms with Gasteiger partial charge in [-0.15, -0.1) is 0 Å². The highest BCUT2D eigenvalue weighted by Gasteiger charge is 2.29. The zero-order valence-electron chi connectivity index (χ0n) is 10.7. The minimum atomic E-state index is -0.00378. The molecule has 1 amide bonds. The first-order valence-electron chi connectivity index (χ1n) is 6.64. The van der Waals surface area contributed by atoms with Crippen LogP contribution in [0.25, 0.3) is 0 Å². The number of carbonyl (C=O) groups excluding carboxylic acids is 1. The Labute approximate surface area is 112 Å². The van der Waals surface area contributed by atoms with Gasteiger partial charge in [0, 0.05) is 24.6 Å². The molecule has 19 heavy (non-hydrogen) atoms. The van der Waals surface area contributed by atoms with E-state index in [1.165, 1.54) is 0 Å². The molecular formula is C14H18N2O3. The zero-order valence-corrected chi connectivity index (χ0v) is 10.7. The van der Waals surface area contributed by atoms with Crippen molar-refractivity contribution in [1.82, 2.24) is 5.32 Å². The maximum atomic E-state index is 11.8. The fourth-order valence-electron chi connectivity index (χ4n) is 2.30. The average molecular weight is 262 g/mol. The van der Waals surface area contributed by atoms with Crippen molar-refractivity contribution < 1.29 is 14.3 Å². The molecule has 5 nitrogen and oxygen atoms in total. The molecule has 5 heteroatoms. The molecule has 2 aliphatic rings. The molecule has 1 atom stereocenters. The fourth-order valence-corrected chi connectivity index (χ4v) is 2.30. The third-order valence-corrected chi connectivity index (χ3v) is 3.60. The summed E-state index contributed by atoms with van der Waals surface area (Å²) in [4.78, 5) is 11.8. The van der Waals surface area contributed by atoms with Crippen LogP contribution in [0, 0.1) is 5.92 Å². The van der Waals surface area contributed by atoms with Crippen molar-refractivity contribution in [3.05, 3.63) is 23.8 Å². The number of nitrogens with one attached hydrogen (secondary N) is 1. The van der Waals surface area contributed by atoms with Gasteiger partial charge in [0.15, 0.2) is 11.5 Å². The molecule has 3 N–H and O–H groups in total. The molecule has 1 aromatic carbocycles. The Morgan fingerprint density at radius 2 is 2.26 bits per heavy atom. The van der Waals surface area contributed by atoms with E-state index in [0.29, 0.717) is 18.9 Å². The van der Waals surface area contributed by atoms with Crippen molar-refractivity contribution in [2.75, 3.05) is 6.79 Å². The van der Waals surface area contributed by atoms with Crippen molar-refractivity contribution in [3.63, 3.8) is 0 Å². The number of para-hydroxylation sites is 1. The normalized spacial score (nSPS) is 18.2. The lowest BCUT2D eigenvalue weighted by Gasteiger charge is -2.11. The molecule has 1 aliphatic carbocycles. The van der Waals surface area contributed by atoms with Gasteiger partial charge in [-0.1, -0.05) is 12.1 Å². The molecule has 1 unspecified atom stereocenters. The molecule has 1 fully saturated rings. The molecule has 1 aromatic rings. The van der Waals surface area contributed by atoms with Gasteiger partial charge in [0.25, 0.3) is 0 Å². The maximum absolute atomic E-state index is 11.8. The molecule has 0 aromatic heterocycles. The van der Waals surface area contributed by atoms with Crippen LogP contribution in [0.3, 0.4) is 0 Å². The topological polar surface area (TPSA) is 73.6 Å². The number of fused-ring (bicyclic) bond motifs is 1. The summed E-state index contributed by atoms with van der Waals surface area (Å²) in [6.45, 7) is 0.690. The SMILES string of the molecule is NC(CC(=O)NCc1cccc2c1OCO2)C1CC1. The van der Waals surface area contributed by atoms with Gasteiger partial charge in [0.2, 0.25) is 12.7 Å². The smallest absolute Gasteiger partial charge is 0.231 e. The molecule has 0 bridgehead atoms. The first-order chi connectivity index (χ1) is 9.24. The number of hydrogen-bond acceptors (Lipinski definition) is 4. The molecule has 0 saturated heterocycles.